The Hall–Kier alpha value is -0.930. The molecule has 0 radical (unpaired) electrons. The van der Waals surface area contributed by atoms with E-state index in [1.54, 1.807) is 0 Å². The predicted octanol–water partition coefficient (Wildman–Crippen LogP) is -1.87. The zero-order valence-corrected chi connectivity index (χ0v) is 19.9. The van der Waals surface area contributed by atoms with E-state index in [1.807, 2.05) is 0 Å². The molecule has 0 bridgehead atoms. The van der Waals surface area contributed by atoms with Crippen molar-refractivity contribution in [3.8, 4) is 0 Å². The highest BCUT2D eigenvalue weighted by atomic mass is 16.7. The summed E-state index contributed by atoms with van der Waals surface area (Å²) in [5.74, 6) is -0.459. The number of carbonyl (C=O) groups excluding carboxylic acids is 1. The van der Waals surface area contributed by atoms with Gasteiger partial charge in [0.1, 0.15) is 48.8 Å². The van der Waals surface area contributed by atoms with Gasteiger partial charge in [-0.15, -0.1) is 0 Å². The molecule has 2 heterocycles. The van der Waals surface area contributed by atoms with Crippen LogP contribution in [0.1, 0.15) is 52.4 Å². The largest absolute Gasteiger partial charge is 0.394 e. The fraction of sp³-hybridized carbons (Fsp3) is 0.955. The molecule has 0 spiro atoms. The second kappa shape index (κ2) is 14.6. The second-order valence-corrected chi connectivity index (χ2v) is 8.88. The van der Waals surface area contributed by atoms with Crippen molar-refractivity contribution in [2.45, 2.75) is 114 Å². The van der Waals surface area contributed by atoms with Gasteiger partial charge in [0.15, 0.2) is 12.6 Å². The molecular weight excluding hydrogens is 454 g/mol. The van der Waals surface area contributed by atoms with Gasteiger partial charge in [0, 0.05) is 13.5 Å². The van der Waals surface area contributed by atoms with Gasteiger partial charge in [-0.05, 0) is 6.42 Å². The smallest absolute Gasteiger partial charge is 0.217 e. The average molecular weight is 496 g/mol. The van der Waals surface area contributed by atoms with Crippen LogP contribution in [-0.2, 0) is 23.7 Å². The first-order chi connectivity index (χ1) is 16.2. The van der Waals surface area contributed by atoms with Crippen LogP contribution < -0.4 is 5.32 Å². The van der Waals surface area contributed by atoms with E-state index < -0.39 is 80.5 Å². The lowest BCUT2D eigenvalue weighted by Crippen LogP contribution is -2.68. The van der Waals surface area contributed by atoms with Crippen molar-refractivity contribution in [3.05, 3.63) is 0 Å². The quantitative estimate of drug-likeness (QED) is 0.142. The number of rotatable bonds is 13. The van der Waals surface area contributed by atoms with Gasteiger partial charge >= 0.3 is 0 Å². The van der Waals surface area contributed by atoms with Crippen molar-refractivity contribution in [1.29, 1.82) is 0 Å². The summed E-state index contributed by atoms with van der Waals surface area (Å²) in [7, 11) is 0. The predicted molar refractivity (Wildman–Crippen MR) is 117 cm³/mol. The highest BCUT2D eigenvalue weighted by Crippen LogP contribution is 2.29. The van der Waals surface area contributed by atoms with Crippen molar-refractivity contribution in [2.75, 3.05) is 19.8 Å². The topological polar surface area (TPSA) is 187 Å². The monoisotopic (exact) mass is 495 g/mol. The summed E-state index contributed by atoms with van der Waals surface area (Å²) in [5, 5.41) is 62.9. The first-order valence-electron chi connectivity index (χ1n) is 12.0. The Kier molecular flexibility index (Phi) is 12.6. The molecule has 0 aromatic carbocycles. The van der Waals surface area contributed by atoms with E-state index in [1.165, 1.54) is 13.3 Å². The van der Waals surface area contributed by atoms with Crippen molar-refractivity contribution in [2.24, 2.45) is 0 Å². The number of unbranched alkanes of at least 4 members (excludes halogenated alkanes) is 5. The lowest BCUT2D eigenvalue weighted by atomic mass is 9.95. The molecule has 7 N–H and O–H groups in total. The van der Waals surface area contributed by atoms with Gasteiger partial charge in [0.2, 0.25) is 5.91 Å². The SMILES string of the molecule is CCCCCCCCO[C@H]1O[C@H](CO)[C@H](O)[C@H](O[C@@H]2O[C@H](CO)[C@H](O)[C@H](O)[C@H]2O)[C@H]1NC(C)=O. The van der Waals surface area contributed by atoms with Crippen LogP contribution in [0.3, 0.4) is 0 Å². The zero-order valence-electron chi connectivity index (χ0n) is 19.9. The maximum absolute atomic E-state index is 11.9. The van der Waals surface area contributed by atoms with E-state index in [0.717, 1.165) is 32.1 Å². The number of amides is 1. The number of hydrogen-bond donors (Lipinski definition) is 7. The van der Waals surface area contributed by atoms with Gasteiger partial charge in [-0.2, -0.15) is 0 Å². The summed E-state index contributed by atoms with van der Waals surface area (Å²) in [5.41, 5.74) is 0. The van der Waals surface area contributed by atoms with Crippen molar-refractivity contribution < 1.29 is 54.4 Å². The first kappa shape index (κ1) is 29.3. The van der Waals surface area contributed by atoms with E-state index in [0.29, 0.717) is 6.61 Å². The third kappa shape index (κ3) is 7.79. The van der Waals surface area contributed by atoms with Crippen LogP contribution >= 0.6 is 0 Å². The maximum atomic E-state index is 11.9. The zero-order chi connectivity index (χ0) is 25.3. The summed E-state index contributed by atoms with van der Waals surface area (Å²) in [4.78, 5) is 11.9. The Morgan fingerprint density at radius 2 is 1.41 bits per heavy atom. The molecule has 2 fully saturated rings. The molecule has 0 aromatic rings. The van der Waals surface area contributed by atoms with Gasteiger partial charge in [-0.25, -0.2) is 0 Å². The third-order valence-electron chi connectivity index (χ3n) is 6.14. The van der Waals surface area contributed by atoms with E-state index in [-0.39, 0.29) is 0 Å². The lowest BCUT2D eigenvalue weighted by molar-refractivity contribution is -0.344. The fourth-order valence-electron chi connectivity index (χ4n) is 4.18. The Bertz CT molecular complexity index is 595. The second-order valence-electron chi connectivity index (χ2n) is 8.88. The molecule has 0 aliphatic carbocycles. The van der Waals surface area contributed by atoms with Crippen LogP contribution in [0.5, 0.6) is 0 Å². The number of ether oxygens (including phenoxy) is 4. The summed E-state index contributed by atoms with van der Waals surface area (Å²) < 4.78 is 22.7. The highest BCUT2D eigenvalue weighted by Gasteiger charge is 2.51. The van der Waals surface area contributed by atoms with Crippen LogP contribution in [0, 0.1) is 0 Å². The summed E-state index contributed by atoms with van der Waals surface area (Å²) in [6.45, 7) is 2.49. The maximum Gasteiger partial charge on any atom is 0.217 e. The standard InChI is InChI=1S/C22H41NO11/c1-3-4-5-6-7-8-9-31-21-15(23-12(2)26)20(17(28)14(11-25)32-21)34-22-19(30)18(29)16(27)13(10-24)33-22/h13-22,24-25,27-30H,3-11H2,1-2H3,(H,23,26)/t13-,14-,15-,16+,17+,18+,19-,20-,21+,22+/m1/s1. The molecule has 2 rings (SSSR count). The van der Waals surface area contributed by atoms with Crippen molar-refractivity contribution in [1.82, 2.24) is 5.32 Å². The Morgan fingerprint density at radius 1 is 0.824 bits per heavy atom. The number of aliphatic hydroxyl groups is 6. The van der Waals surface area contributed by atoms with Gasteiger partial charge in [-0.3, -0.25) is 4.79 Å². The van der Waals surface area contributed by atoms with E-state index in [4.69, 9.17) is 18.9 Å². The molecule has 34 heavy (non-hydrogen) atoms. The van der Waals surface area contributed by atoms with Crippen LogP contribution in [0.25, 0.3) is 0 Å². The van der Waals surface area contributed by atoms with E-state index in [2.05, 4.69) is 12.2 Å². The number of carbonyl (C=O) groups is 1. The summed E-state index contributed by atoms with van der Waals surface area (Å²) >= 11 is 0. The molecule has 2 aliphatic heterocycles. The van der Waals surface area contributed by atoms with E-state index in [9.17, 15) is 35.4 Å². The first-order valence-corrected chi connectivity index (χ1v) is 12.0. The normalized spacial score (nSPS) is 38.6. The molecule has 0 saturated carbocycles. The third-order valence-corrected chi connectivity index (χ3v) is 6.14. The number of nitrogens with one attached hydrogen (secondary N) is 1. The molecule has 0 unspecified atom stereocenters. The van der Waals surface area contributed by atoms with Crippen molar-refractivity contribution in [3.63, 3.8) is 0 Å². The molecule has 200 valence electrons. The van der Waals surface area contributed by atoms with Gasteiger partial charge in [0.05, 0.1) is 13.2 Å². The van der Waals surface area contributed by atoms with Gasteiger partial charge in [0.25, 0.3) is 0 Å². The number of aliphatic hydroxyl groups excluding tert-OH is 6. The minimum atomic E-state index is -1.71. The fourth-order valence-corrected chi connectivity index (χ4v) is 4.18. The Balaban J connectivity index is 2.12. The summed E-state index contributed by atoms with van der Waals surface area (Å²) in [6.07, 6.45) is -6.43. The molecule has 12 nitrogen and oxygen atoms in total. The van der Waals surface area contributed by atoms with Crippen LogP contribution in [0.15, 0.2) is 0 Å². The molecule has 12 heteroatoms. The Morgan fingerprint density at radius 3 is 2.03 bits per heavy atom. The van der Waals surface area contributed by atoms with Crippen molar-refractivity contribution >= 4 is 5.91 Å². The molecule has 2 aliphatic rings. The minimum absolute atomic E-state index is 0.313. The molecule has 0 aromatic heterocycles. The van der Waals surface area contributed by atoms with Crippen LogP contribution in [0.2, 0.25) is 0 Å². The molecule has 10 atom stereocenters. The molecule has 2 saturated heterocycles. The number of hydrogen-bond acceptors (Lipinski definition) is 11. The lowest BCUT2D eigenvalue weighted by Gasteiger charge is -2.47. The Labute approximate surface area is 199 Å². The summed E-state index contributed by atoms with van der Waals surface area (Å²) in [6, 6.07) is -1.04. The van der Waals surface area contributed by atoms with E-state index >= 15 is 0 Å². The molecule has 1 amide bonds. The van der Waals surface area contributed by atoms with Gasteiger partial charge in [-0.1, -0.05) is 39.0 Å². The molecular formula is C22H41NO11. The average Bonchev–Trinajstić information content (AvgIpc) is 2.81. The minimum Gasteiger partial charge on any atom is -0.394 e. The van der Waals surface area contributed by atoms with Crippen LogP contribution in [-0.4, -0.2) is 118 Å². The highest BCUT2D eigenvalue weighted by molar-refractivity contribution is 5.73. The van der Waals surface area contributed by atoms with Crippen LogP contribution in [0.4, 0.5) is 0 Å². The van der Waals surface area contributed by atoms with Gasteiger partial charge < -0.3 is 54.9 Å².